The molecule has 3 rings (SSSR count). The summed E-state index contributed by atoms with van der Waals surface area (Å²) in [5, 5.41) is 3.92. The van der Waals surface area contributed by atoms with Crippen molar-refractivity contribution in [2.45, 2.75) is 0 Å². The van der Waals surface area contributed by atoms with E-state index in [-0.39, 0.29) is 5.69 Å². The minimum absolute atomic E-state index is 0.0589. The van der Waals surface area contributed by atoms with Crippen molar-refractivity contribution < 1.29 is 13.7 Å². The standard InChI is InChI=1S/C12H13FN4O2/c13-9-2-1-8(7-10(9)14)11-15-12(16-19-11)17-3-5-18-6-4-17/h1-2,7H,3-6,14H2. The van der Waals surface area contributed by atoms with Gasteiger partial charge >= 0.3 is 0 Å². The van der Waals surface area contributed by atoms with Crippen molar-refractivity contribution in [3.8, 4) is 11.5 Å². The number of nitrogens with two attached hydrogens (primary N) is 1. The maximum Gasteiger partial charge on any atom is 0.266 e. The van der Waals surface area contributed by atoms with Gasteiger partial charge < -0.3 is 19.9 Å². The fourth-order valence-electron chi connectivity index (χ4n) is 1.90. The molecule has 0 aliphatic carbocycles. The summed E-state index contributed by atoms with van der Waals surface area (Å²) in [7, 11) is 0. The van der Waals surface area contributed by atoms with E-state index in [1.807, 2.05) is 4.90 Å². The minimum Gasteiger partial charge on any atom is -0.396 e. The van der Waals surface area contributed by atoms with E-state index < -0.39 is 5.82 Å². The minimum atomic E-state index is -0.461. The summed E-state index contributed by atoms with van der Waals surface area (Å²) >= 11 is 0. The second kappa shape index (κ2) is 4.85. The Kier molecular flexibility index (Phi) is 3.04. The van der Waals surface area contributed by atoms with Crippen LogP contribution < -0.4 is 10.6 Å². The third-order valence-corrected chi connectivity index (χ3v) is 2.95. The summed E-state index contributed by atoms with van der Waals surface area (Å²) in [6.07, 6.45) is 0. The first kappa shape index (κ1) is 11.9. The monoisotopic (exact) mass is 264 g/mol. The molecule has 1 aromatic carbocycles. The zero-order chi connectivity index (χ0) is 13.2. The van der Waals surface area contributed by atoms with E-state index >= 15 is 0 Å². The Labute approximate surface area is 109 Å². The summed E-state index contributed by atoms with van der Waals surface area (Å²) in [4.78, 5) is 6.27. The molecule has 0 unspecified atom stereocenters. The van der Waals surface area contributed by atoms with Gasteiger partial charge in [0.25, 0.3) is 11.8 Å². The van der Waals surface area contributed by atoms with E-state index in [1.165, 1.54) is 12.1 Å². The number of anilines is 2. The maximum atomic E-state index is 13.1. The topological polar surface area (TPSA) is 77.4 Å². The lowest BCUT2D eigenvalue weighted by Gasteiger charge is -2.24. The number of morpholine rings is 1. The molecule has 1 aliphatic heterocycles. The molecule has 100 valence electrons. The summed E-state index contributed by atoms with van der Waals surface area (Å²) < 4.78 is 23.5. The molecule has 2 N–H and O–H groups in total. The molecule has 0 bridgehead atoms. The van der Waals surface area contributed by atoms with Gasteiger partial charge in [0.2, 0.25) is 0 Å². The van der Waals surface area contributed by atoms with E-state index in [0.717, 1.165) is 13.1 Å². The first-order valence-corrected chi connectivity index (χ1v) is 5.96. The second-order valence-corrected chi connectivity index (χ2v) is 4.24. The van der Waals surface area contributed by atoms with Gasteiger partial charge in [0, 0.05) is 18.7 Å². The van der Waals surface area contributed by atoms with Crippen LogP contribution in [-0.4, -0.2) is 36.4 Å². The highest BCUT2D eigenvalue weighted by Crippen LogP contribution is 2.23. The summed E-state index contributed by atoms with van der Waals surface area (Å²) in [5.74, 6) is 0.381. The zero-order valence-electron chi connectivity index (χ0n) is 10.2. The van der Waals surface area contributed by atoms with Crippen molar-refractivity contribution in [2.75, 3.05) is 36.9 Å². The molecule has 6 nitrogen and oxygen atoms in total. The van der Waals surface area contributed by atoms with E-state index in [9.17, 15) is 4.39 Å². The molecule has 0 saturated carbocycles. The van der Waals surface area contributed by atoms with Crippen LogP contribution in [0.5, 0.6) is 0 Å². The number of rotatable bonds is 2. The molecule has 19 heavy (non-hydrogen) atoms. The fraction of sp³-hybridized carbons (Fsp3) is 0.333. The Morgan fingerprint density at radius 3 is 2.79 bits per heavy atom. The molecule has 0 amide bonds. The van der Waals surface area contributed by atoms with Crippen LogP contribution in [0.25, 0.3) is 11.5 Å². The molecule has 0 spiro atoms. The Bertz CT molecular complexity index is 581. The fourth-order valence-corrected chi connectivity index (χ4v) is 1.90. The maximum absolute atomic E-state index is 13.1. The molecule has 1 aliphatic rings. The van der Waals surface area contributed by atoms with Crippen molar-refractivity contribution >= 4 is 11.6 Å². The molecule has 1 fully saturated rings. The highest BCUT2D eigenvalue weighted by molar-refractivity contribution is 5.61. The molecule has 2 aromatic rings. The third-order valence-electron chi connectivity index (χ3n) is 2.95. The summed E-state index contributed by atoms with van der Waals surface area (Å²) in [5.41, 5.74) is 6.18. The molecule has 1 saturated heterocycles. The number of aromatic nitrogens is 2. The van der Waals surface area contributed by atoms with Gasteiger partial charge in [-0.05, 0) is 23.4 Å². The van der Waals surface area contributed by atoms with Gasteiger partial charge in [0.05, 0.1) is 18.9 Å². The average molecular weight is 264 g/mol. The summed E-state index contributed by atoms with van der Waals surface area (Å²) in [6, 6.07) is 4.32. The first-order valence-electron chi connectivity index (χ1n) is 5.96. The zero-order valence-corrected chi connectivity index (χ0v) is 10.2. The van der Waals surface area contributed by atoms with Crippen LogP contribution in [0.3, 0.4) is 0 Å². The lowest BCUT2D eigenvalue weighted by Crippen LogP contribution is -2.36. The van der Waals surface area contributed by atoms with E-state index in [2.05, 4.69) is 10.1 Å². The predicted octanol–water partition coefficient (Wildman–Crippen LogP) is 1.29. The van der Waals surface area contributed by atoms with Gasteiger partial charge in [-0.1, -0.05) is 0 Å². The van der Waals surface area contributed by atoms with Crippen molar-refractivity contribution in [3.05, 3.63) is 24.0 Å². The summed E-state index contributed by atoms with van der Waals surface area (Å²) in [6.45, 7) is 2.75. The number of nitrogen functional groups attached to an aromatic ring is 1. The molecule has 0 radical (unpaired) electrons. The van der Waals surface area contributed by atoms with Crippen molar-refractivity contribution in [3.63, 3.8) is 0 Å². The molecular weight excluding hydrogens is 251 g/mol. The Morgan fingerprint density at radius 1 is 1.26 bits per heavy atom. The number of hydrogen-bond acceptors (Lipinski definition) is 6. The quantitative estimate of drug-likeness (QED) is 0.824. The first-order chi connectivity index (χ1) is 9.24. The molecule has 1 aromatic heterocycles. The van der Waals surface area contributed by atoms with Crippen molar-refractivity contribution in [2.24, 2.45) is 0 Å². The third kappa shape index (κ3) is 2.37. The molecular formula is C12H13FN4O2. The smallest absolute Gasteiger partial charge is 0.266 e. The Hall–Kier alpha value is -2.15. The van der Waals surface area contributed by atoms with Crippen LogP contribution in [0, 0.1) is 5.82 Å². The van der Waals surface area contributed by atoms with Gasteiger partial charge in [-0.2, -0.15) is 4.98 Å². The number of ether oxygens (including phenoxy) is 1. The van der Waals surface area contributed by atoms with Crippen LogP contribution >= 0.6 is 0 Å². The van der Waals surface area contributed by atoms with E-state index in [4.69, 9.17) is 15.0 Å². The predicted molar refractivity (Wildman–Crippen MR) is 67.1 cm³/mol. The van der Waals surface area contributed by atoms with Gasteiger partial charge in [0.15, 0.2) is 0 Å². The molecule has 7 heteroatoms. The Balaban J connectivity index is 1.85. The molecule has 2 heterocycles. The SMILES string of the molecule is Nc1cc(-c2nc(N3CCOCC3)no2)ccc1F. The van der Waals surface area contributed by atoms with Crippen LogP contribution in [0.15, 0.2) is 22.7 Å². The second-order valence-electron chi connectivity index (χ2n) is 4.24. The van der Waals surface area contributed by atoms with E-state index in [1.54, 1.807) is 6.07 Å². The molecule has 0 atom stereocenters. The van der Waals surface area contributed by atoms with Gasteiger partial charge in [-0.15, -0.1) is 0 Å². The van der Waals surface area contributed by atoms with Crippen LogP contribution in [0.4, 0.5) is 16.0 Å². The highest BCUT2D eigenvalue weighted by atomic mass is 19.1. The highest BCUT2D eigenvalue weighted by Gasteiger charge is 2.18. The lowest BCUT2D eigenvalue weighted by molar-refractivity contribution is 0.121. The van der Waals surface area contributed by atoms with Gasteiger partial charge in [-0.25, -0.2) is 4.39 Å². The Morgan fingerprint density at radius 2 is 2.05 bits per heavy atom. The number of nitrogens with zero attached hydrogens (tertiary/aromatic N) is 3. The van der Waals surface area contributed by atoms with Gasteiger partial charge in [0.1, 0.15) is 5.82 Å². The van der Waals surface area contributed by atoms with Crippen LogP contribution in [0.2, 0.25) is 0 Å². The van der Waals surface area contributed by atoms with Gasteiger partial charge in [-0.3, -0.25) is 0 Å². The normalized spacial score (nSPS) is 15.7. The number of benzene rings is 1. The van der Waals surface area contributed by atoms with Crippen LogP contribution in [-0.2, 0) is 4.74 Å². The van der Waals surface area contributed by atoms with Crippen molar-refractivity contribution in [1.29, 1.82) is 0 Å². The van der Waals surface area contributed by atoms with Crippen molar-refractivity contribution in [1.82, 2.24) is 10.1 Å². The number of halogens is 1. The number of hydrogen-bond donors (Lipinski definition) is 1. The average Bonchev–Trinajstić information content (AvgIpc) is 2.93. The lowest BCUT2D eigenvalue weighted by atomic mass is 10.2. The largest absolute Gasteiger partial charge is 0.396 e. The van der Waals surface area contributed by atoms with E-state index in [0.29, 0.717) is 30.6 Å². The van der Waals surface area contributed by atoms with Crippen LogP contribution in [0.1, 0.15) is 0 Å².